The van der Waals surface area contributed by atoms with E-state index >= 15 is 0 Å². The van der Waals surface area contributed by atoms with E-state index < -0.39 is 5.54 Å². The minimum Gasteiger partial charge on any atom is -0.338 e. The number of para-hydroxylation sites is 1. The first-order valence-corrected chi connectivity index (χ1v) is 6.98. The Balaban J connectivity index is 2.18. The number of hydrazine groups is 1. The Hall–Kier alpha value is -2.82. The highest BCUT2D eigenvalue weighted by Gasteiger charge is 2.36. The summed E-state index contributed by atoms with van der Waals surface area (Å²) >= 11 is 0. The summed E-state index contributed by atoms with van der Waals surface area (Å²) in [6, 6.07) is 18.4. The van der Waals surface area contributed by atoms with Crippen molar-refractivity contribution < 1.29 is 9.59 Å². The summed E-state index contributed by atoms with van der Waals surface area (Å²) in [4.78, 5) is 24.1. The Morgan fingerprint density at radius 2 is 1.45 bits per heavy atom. The summed E-state index contributed by atoms with van der Waals surface area (Å²) in [6.07, 6.45) is 0. The lowest BCUT2D eigenvalue weighted by Gasteiger charge is -2.29. The molecular weight excluding hydrogens is 278 g/mol. The monoisotopic (exact) mass is 297 g/mol. The van der Waals surface area contributed by atoms with Gasteiger partial charge < -0.3 is 5.32 Å². The second-order valence-electron chi connectivity index (χ2n) is 5.12. The van der Waals surface area contributed by atoms with Crippen LogP contribution in [-0.2, 0) is 15.1 Å². The van der Waals surface area contributed by atoms with E-state index in [1.807, 2.05) is 48.5 Å². The lowest BCUT2D eigenvalue weighted by Crippen LogP contribution is -2.55. The molecule has 3 N–H and O–H groups in total. The molecular formula is C17H19N3O2. The van der Waals surface area contributed by atoms with Gasteiger partial charge in [0.05, 0.1) is 5.69 Å². The van der Waals surface area contributed by atoms with E-state index in [0.717, 1.165) is 5.69 Å². The summed E-state index contributed by atoms with van der Waals surface area (Å²) < 4.78 is 0. The summed E-state index contributed by atoms with van der Waals surface area (Å²) in [5.74, 6) is -0.626. The van der Waals surface area contributed by atoms with Crippen molar-refractivity contribution in [2.24, 2.45) is 0 Å². The van der Waals surface area contributed by atoms with E-state index in [2.05, 4.69) is 16.2 Å². The maximum atomic E-state index is 12.6. The Kier molecular flexibility index (Phi) is 4.78. The van der Waals surface area contributed by atoms with Crippen LogP contribution in [0.5, 0.6) is 0 Å². The van der Waals surface area contributed by atoms with Gasteiger partial charge in [-0.3, -0.25) is 20.4 Å². The van der Waals surface area contributed by atoms with Gasteiger partial charge in [0.25, 0.3) is 5.91 Å². The van der Waals surface area contributed by atoms with Gasteiger partial charge in [0, 0.05) is 6.92 Å². The molecule has 0 aromatic heterocycles. The number of hydrogen-bond donors (Lipinski definition) is 3. The van der Waals surface area contributed by atoms with Gasteiger partial charge in [-0.25, -0.2) is 0 Å². The number of amides is 2. The molecule has 1 atom stereocenters. The van der Waals surface area contributed by atoms with Crippen molar-refractivity contribution in [2.75, 3.05) is 5.43 Å². The Bertz CT molecular complexity index is 643. The van der Waals surface area contributed by atoms with Crippen LogP contribution in [0.15, 0.2) is 60.7 Å². The molecule has 0 heterocycles. The van der Waals surface area contributed by atoms with Gasteiger partial charge in [-0.05, 0) is 24.6 Å². The molecule has 0 saturated carbocycles. The van der Waals surface area contributed by atoms with Crippen molar-refractivity contribution in [2.45, 2.75) is 19.4 Å². The van der Waals surface area contributed by atoms with Crippen molar-refractivity contribution >= 4 is 17.5 Å². The SMILES string of the molecule is CC(=O)NC(C)(C(=O)NNc1ccccc1)c1ccccc1. The van der Waals surface area contributed by atoms with Crippen molar-refractivity contribution in [3.63, 3.8) is 0 Å². The van der Waals surface area contributed by atoms with E-state index in [1.165, 1.54) is 6.92 Å². The van der Waals surface area contributed by atoms with Crippen molar-refractivity contribution in [3.05, 3.63) is 66.2 Å². The predicted octanol–water partition coefficient (Wildman–Crippen LogP) is 2.18. The molecule has 0 bridgehead atoms. The molecule has 2 aromatic carbocycles. The third kappa shape index (κ3) is 3.63. The fraction of sp³-hybridized carbons (Fsp3) is 0.176. The average molecular weight is 297 g/mol. The van der Waals surface area contributed by atoms with Crippen LogP contribution in [0, 0.1) is 0 Å². The molecule has 0 aliphatic rings. The van der Waals surface area contributed by atoms with Gasteiger partial charge in [-0.15, -0.1) is 0 Å². The molecule has 114 valence electrons. The Morgan fingerprint density at radius 3 is 2.00 bits per heavy atom. The highest BCUT2D eigenvalue weighted by molar-refractivity contribution is 5.92. The van der Waals surface area contributed by atoms with Gasteiger partial charge in [-0.2, -0.15) is 0 Å². The molecule has 2 rings (SSSR count). The molecule has 1 unspecified atom stereocenters. The summed E-state index contributed by atoms with van der Waals surface area (Å²) in [5, 5.41) is 2.72. The molecule has 22 heavy (non-hydrogen) atoms. The number of rotatable bonds is 5. The highest BCUT2D eigenvalue weighted by Crippen LogP contribution is 2.21. The number of carbonyl (C=O) groups is 2. The van der Waals surface area contributed by atoms with E-state index in [9.17, 15) is 9.59 Å². The van der Waals surface area contributed by atoms with Gasteiger partial charge in [0.2, 0.25) is 5.91 Å². The quantitative estimate of drug-likeness (QED) is 0.741. The first-order chi connectivity index (χ1) is 10.5. The lowest BCUT2D eigenvalue weighted by molar-refractivity contribution is -0.132. The second-order valence-corrected chi connectivity index (χ2v) is 5.12. The third-order valence-electron chi connectivity index (χ3n) is 3.33. The van der Waals surface area contributed by atoms with Crippen LogP contribution in [-0.4, -0.2) is 11.8 Å². The number of anilines is 1. The molecule has 0 radical (unpaired) electrons. The molecule has 0 saturated heterocycles. The van der Waals surface area contributed by atoms with Crippen molar-refractivity contribution in [1.82, 2.24) is 10.7 Å². The van der Waals surface area contributed by atoms with Crippen LogP contribution in [0.1, 0.15) is 19.4 Å². The van der Waals surface area contributed by atoms with Crippen molar-refractivity contribution in [3.8, 4) is 0 Å². The maximum absolute atomic E-state index is 12.6. The van der Waals surface area contributed by atoms with Crippen molar-refractivity contribution in [1.29, 1.82) is 0 Å². The van der Waals surface area contributed by atoms with E-state index in [1.54, 1.807) is 19.1 Å². The summed E-state index contributed by atoms with van der Waals surface area (Å²) in [7, 11) is 0. The zero-order valence-electron chi connectivity index (χ0n) is 12.6. The topological polar surface area (TPSA) is 70.2 Å². The molecule has 2 aromatic rings. The number of nitrogens with one attached hydrogen (secondary N) is 3. The summed E-state index contributed by atoms with van der Waals surface area (Å²) in [5.41, 5.74) is 5.79. The normalized spacial score (nSPS) is 12.8. The van der Waals surface area contributed by atoms with Gasteiger partial charge >= 0.3 is 0 Å². The first kappa shape index (κ1) is 15.6. The predicted molar refractivity (Wildman–Crippen MR) is 85.8 cm³/mol. The van der Waals surface area contributed by atoms with Crippen LogP contribution in [0.4, 0.5) is 5.69 Å². The lowest BCUT2D eigenvalue weighted by atomic mass is 9.91. The molecule has 0 aliphatic carbocycles. The molecule has 0 fully saturated rings. The van der Waals surface area contributed by atoms with E-state index in [4.69, 9.17) is 0 Å². The smallest absolute Gasteiger partial charge is 0.268 e. The zero-order chi connectivity index (χ0) is 16.0. The zero-order valence-corrected chi connectivity index (χ0v) is 12.6. The molecule has 0 spiro atoms. The summed E-state index contributed by atoms with van der Waals surface area (Å²) in [6.45, 7) is 3.06. The molecule has 5 heteroatoms. The van der Waals surface area contributed by atoms with Crippen LogP contribution in [0.3, 0.4) is 0 Å². The maximum Gasteiger partial charge on any atom is 0.268 e. The van der Waals surface area contributed by atoms with E-state index in [-0.39, 0.29) is 11.8 Å². The fourth-order valence-corrected chi connectivity index (χ4v) is 2.16. The largest absolute Gasteiger partial charge is 0.338 e. The molecule has 0 aliphatic heterocycles. The Labute approximate surface area is 129 Å². The highest BCUT2D eigenvalue weighted by atomic mass is 16.2. The first-order valence-electron chi connectivity index (χ1n) is 6.98. The number of benzene rings is 2. The standard InChI is InChI=1S/C17H19N3O2/c1-13(21)18-17(2,14-9-5-3-6-10-14)16(22)20-19-15-11-7-4-8-12-15/h3-12,19H,1-2H3,(H,18,21)(H,20,22). The van der Waals surface area contributed by atoms with Gasteiger partial charge in [0.15, 0.2) is 0 Å². The van der Waals surface area contributed by atoms with Crippen LogP contribution >= 0.6 is 0 Å². The third-order valence-corrected chi connectivity index (χ3v) is 3.33. The molecule has 5 nitrogen and oxygen atoms in total. The van der Waals surface area contributed by atoms with E-state index in [0.29, 0.717) is 5.56 Å². The molecule has 2 amide bonds. The second kappa shape index (κ2) is 6.76. The van der Waals surface area contributed by atoms with Gasteiger partial charge in [-0.1, -0.05) is 48.5 Å². The van der Waals surface area contributed by atoms with Gasteiger partial charge in [0.1, 0.15) is 5.54 Å². The Morgan fingerprint density at radius 1 is 0.909 bits per heavy atom. The minimum atomic E-state index is -1.16. The minimum absolute atomic E-state index is 0.277. The van der Waals surface area contributed by atoms with Crippen LogP contribution < -0.4 is 16.2 Å². The van der Waals surface area contributed by atoms with Crippen LogP contribution in [0.25, 0.3) is 0 Å². The fourth-order valence-electron chi connectivity index (χ4n) is 2.16. The number of hydrogen-bond acceptors (Lipinski definition) is 3. The van der Waals surface area contributed by atoms with Crippen LogP contribution in [0.2, 0.25) is 0 Å². The number of carbonyl (C=O) groups excluding carboxylic acids is 2. The average Bonchev–Trinajstić information content (AvgIpc) is 2.53.